The Morgan fingerprint density at radius 1 is 1.35 bits per heavy atom. The van der Waals surface area contributed by atoms with Crippen LogP contribution in [0.15, 0.2) is 16.5 Å². The highest BCUT2D eigenvalue weighted by Crippen LogP contribution is 2.33. The van der Waals surface area contributed by atoms with Crippen LogP contribution in [0.1, 0.15) is 62.3 Å². The Bertz CT molecular complexity index is 378. The molecular formula is C15H22O2. The van der Waals surface area contributed by atoms with Gasteiger partial charge in [-0.2, -0.15) is 0 Å². The molecule has 2 atom stereocenters. The van der Waals surface area contributed by atoms with E-state index in [1.165, 1.54) is 19.3 Å². The van der Waals surface area contributed by atoms with Gasteiger partial charge in [-0.3, -0.25) is 4.79 Å². The fraction of sp³-hybridized carbons (Fsp3) is 0.667. The van der Waals surface area contributed by atoms with Gasteiger partial charge in [0.1, 0.15) is 5.76 Å². The van der Waals surface area contributed by atoms with Crippen LogP contribution in [0.5, 0.6) is 0 Å². The number of Topliss-reactive ketones (excluding diaryl/α,β-unsaturated/α-hetero) is 1. The molecule has 2 rings (SSSR count). The standard InChI is InChI=1S/C15H22O2/c1-3-11-6-5-7-12(10-11)15(16)14-9-8-13(4-2)17-14/h8-9,11-12H,3-7,10H2,1-2H3. The molecule has 1 aromatic rings. The van der Waals surface area contributed by atoms with E-state index in [1.807, 2.05) is 19.1 Å². The third-order valence-electron chi connectivity index (χ3n) is 3.98. The van der Waals surface area contributed by atoms with Crippen LogP contribution in [0.25, 0.3) is 0 Å². The van der Waals surface area contributed by atoms with E-state index in [-0.39, 0.29) is 11.7 Å². The van der Waals surface area contributed by atoms with Gasteiger partial charge in [-0.05, 0) is 30.9 Å². The SMILES string of the molecule is CCc1ccc(C(=O)C2CCCC(CC)C2)o1. The summed E-state index contributed by atoms with van der Waals surface area (Å²) in [4.78, 5) is 12.3. The Balaban J connectivity index is 2.03. The molecule has 94 valence electrons. The number of carbonyl (C=O) groups is 1. The second kappa shape index (κ2) is 5.52. The lowest BCUT2D eigenvalue weighted by Crippen LogP contribution is -2.22. The molecule has 1 heterocycles. The molecule has 1 aromatic heterocycles. The van der Waals surface area contributed by atoms with Crippen molar-refractivity contribution in [3.05, 3.63) is 23.7 Å². The summed E-state index contributed by atoms with van der Waals surface area (Å²) in [5.74, 6) is 2.64. The van der Waals surface area contributed by atoms with Crippen molar-refractivity contribution >= 4 is 5.78 Å². The summed E-state index contributed by atoms with van der Waals surface area (Å²) in [5.41, 5.74) is 0. The third-order valence-corrected chi connectivity index (χ3v) is 3.98. The van der Waals surface area contributed by atoms with Crippen LogP contribution < -0.4 is 0 Å². The van der Waals surface area contributed by atoms with Gasteiger partial charge in [-0.1, -0.05) is 33.1 Å². The second-order valence-corrected chi connectivity index (χ2v) is 5.12. The van der Waals surface area contributed by atoms with Gasteiger partial charge in [0.25, 0.3) is 0 Å². The van der Waals surface area contributed by atoms with Gasteiger partial charge in [0, 0.05) is 12.3 Å². The highest BCUT2D eigenvalue weighted by molar-refractivity contribution is 5.95. The highest BCUT2D eigenvalue weighted by atomic mass is 16.3. The van der Waals surface area contributed by atoms with Gasteiger partial charge < -0.3 is 4.42 Å². The molecule has 0 aliphatic heterocycles. The van der Waals surface area contributed by atoms with Crippen LogP contribution >= 0.6 is 0 Å². The zero-order chi connectivity index (χ0) is 12.3. The number of furan rings is 1. The fourth-order valence-corrected chi connectivity index (χ4v) is 2.80. The maximum Gasteiger partial charge on any atom is 0.201 e. The minimum Gasteiger partial charge on any atom is -0.458 e. The van der Waals surface area contributed by atoms with Crippen LogP contribution in [0.2, 0.25) is 0 Å². The van der Waals surface area contributed by atoms with Crippen molar-refractivity contribution in [2.24, 2.45) is 11.8 Å². The predicted molar refractivity (Wildman–Crippen MR) is 68.2 cm³/mol. The molecule has 1 fully saturated rings. The molecule has 17 heavy (non-hydrogen) atoms. The summed E-state index contributed by atoms with van der Waals surface area (Å²) < 4.78 is 5.57. The molecule has 0 bridgehead atoms. The Kier molecular flexibility index (Phi) is 4.03. The lowest BCUT2D eigenvalue weighted by atomic mass is 9.78. The van der Waals surface area contributed by atoms with E-state index in [0.717, 1.165) is 30.9 Å². The van der Waals surface area contributed by atoms with E-state index >= 15 is 0 Å². The smallest absolute Gasteiger partial charge is 0.201 e. The van der Waals surface area contributed by atoms with Crippen molar-refractivity contribution in [3.8, 4) is 0 Å². The van der Waals surface area contributed by atoms with Gasteiger partial charge >= 0.3 is 0 Å². The molecule has 1 saturated carbocycles. The Labute approximate surface area is 103 Å². The molecule has 1 aliphatic rings. The summed E-state index contributed by atoms with van der Waals surface area (Å²) in [6, 6.07) is 3.77. The molecule has 0 saturated heterocycles. The average molecular weight is 234 g/mol. The topological polar surface area (TPSA) is 30.2 Å². The van der Waals surface area contributed by atoms with E-state index in [2.05, 4.69) is 6.92 Å². The van der Waals surface area contributed by atoms with Crippen LogP contribution in [0, 0.1) is 11.8 Å². The third kappa shape index (κ3) is 2.80. The summed E-state index contributed by atoms with van der Waals surface area (Å²) in [6.45, 7) is 4.26. The van der Waals surface area contributed by atoms with Crippen molar-refractivity contribution in [1.29, 1.82) is 0 Å². The van der Waals surface area contributed by atoms with Gasteiger partial charge in [0.05, 0.1) is 0 Å². The van der Waals surface area contributed by atoms with Crippen molar-refractivity contribution in [2.75, 3.05) is 0 Å². The molecule has 0 aromatic carbocycles. The quantitative estimate of drug-likeness (QED) is 0.729. The molecule has 0 N–H and O–H groups in total. The van der Waals surface area contributed by atoms with E-state index in [0.29, 0.717) is 5.76 Å². The fourth-order valence-electron chi connectivity index (χ4n) is 2.80. The normalized spacial score (nSPS) is 24.8. The highest BCUT2D eigenvalue weighted by Gasteiger charge is 2.28. The van der Waals surface area contributed by atoms with E-state index in [9.17, 15) is 4.79 Å². The minimum atomic E-state index is 0.199. The second-order valence-electron chi connectivity index (χ2n) is 5.12. The number of rotatable bonds is 4. The maximum absolute atomic E-state index is 12.3. The summed E-state index contributed by atoms with van der Waals surface area (Å²) in [5, 5.41) is 0. The van der Waals surface area contributed by atoms with Crippen LogP contribution in [-0.4, -0.2) is 5.78 Å². The van der Waals surface area contributed by atoms with Crippen LogP contribution in [0.3, 0.4) is 0 Å². The van der Waals surface area contributed by atoms with Crippen LogP contribution in [-0.2, 0) is 6.42 Å². The first kappa shape index (κ1) is 12.4. The van der Waals surface area contributed by atoms with Crippen molar-refractivity contribution in [1.82, 2.24) is 0 Å². The number of hydrogen-bond donors (Lipinski definition) is 0. The largest absolute Gasteiger partial charge is 0.458 e. The van der Waals surface area contributed by atoms with E-state index in [4.69, 9.17) is 4.42 Å². The molecule has 0 amide bonds. The Morgan fingerprint density at radius 3 is 2.82 bits per heavy atom. The van der Waals surface area contributed by atoms with Crippen molar-refractivity contribution in [2.45, 2.75) is 52.4 Å². The zero-order valence-electron chi connectivity index (χ0n) is 10.9. The lowest BCUT2D eigenvalue weighted by molar-refractivity contribution is 0.0831. The van der Waals surface area contributed by atoms with Gasteiger partial charge in [0.2, 0.25) is 5.78 Å². The summed E-state index contributed by atoms with van der Waals surface area (Å²) in [7, 11) is 0. The first-order valence-electron chi connectivity index (χ1n) is 6.87. The summed E-state index contributed by atoms with van der Waals surface area (Å²) in [6.07, 6.45) is 6.63. The number of aryl methyl sites for hydroxylation is 1. The first-order valence-corrected chi connectivity index (χ1v) is 6.87. The molecule has 0 spiro atoms. The molecule has 1 aliphatic carbocycles. The monoisotopic (exact) mass is 234 g/mol. The van der Waals surface area contributed by atoms with Gasteiger partial charge in [-0.15, -0.1) is 0 Å². The number of carbonyl (C=O) groups excluding carboxylic acids is 1. The number of hydrogen-bond acceptors (Lipinski definition) is 2. The van der Waals surface area contributed by atoms with E-state index in [1.54, 1.807) is 0 Å². The van der Waals surface area contributed by atoms with Crippen LogP contribution in [0.4, 0.5) is 0 Å². The maximum atomic E-state index is 12.3. The molecule has 2 nitrogen and oxygen atoms in total. The zero-order valence-corrected chi connectivity index (χ0v) is 10.9. The average Bonchev–Trinajstić information content (AvgIpc) is 2.86. The van der Waals surface area contributed by atoms with Crippen molar-refractivity contribution in [3.63, 3.8) is 0 Å². The lowest BCUT2D eigenvalue weighted by Gasteiger charge is -2.26. The Morgan fingerprint density at radius 2 is 2.18 bits per heavy atom. The van der Waals surface area contributed by atoms with Crippen molar-refractivity contribution < 1.29 is 9.21 Å². The molecular weight excluding hydrogens is 212 g/mol. The Hall–Kier alpha value is -1.05. The summed E-state index contributed by atoms with van der Waals surface area (Å²) >= 11 is 0. The predicted octanol–water partition coefficient (Wildman–Crippen LogP) is 4.24. The molecule has 0 radical (unpaired) electrons. The molecule has 2 heteroatoms. The van der Waals surface area contributed by atoms with Gasteiger partial charge in [0.15, 0.2) is 5.76 Å². The number of ketones is 1. The minimum absolute atomic E-state index is 0.199. The van der Waals surface area contributed by atoms with E-state index < -0.39 is 0 Å². The first-order chi connectivity index (χ1) is 8.24. The molecule has 2 unspecified atom stereocenters. The van der Waals surface area contributed by atoms with Gasteiger partial charge in [-0.25, -0.2) is 0 Å².